The Kier molecular flexibility index (Phi) is 4.65. The molecule has 2 aromatic rings. The van der Waals surface area contributed by atoms with Gasteiger partial charge >= 0.3 is 0 Å². The van der Waals surface area contributed by atoms with Crippen LogP contribution in [0.2, 0.25) is 0 Å². The number of carbonyl (C=O) groups excluding carboxylic acids is 1. The number of para-hydroxylation sites is 1. The number of hydrogen-bond acceptors (Lipinski definition) is 3. The maximum atomic E-state index is 11.7. The van der Waals surface area contributed by atoms with Gasteiger partial charge in [-0.3, -0.25) is 4.79 Å². The summed E-state index contributed by atoms with van der Waals surface area (Å²) in [5, 5.41) is 3.20. The summed E-state index contributed by atoms with van der Waals surface area (Å²) < 4.78 is 1.87. The van der Waals surface area contributed by atoms with Crippen LogP contribution in [0.15, 0.2) is 38.6 Å². The maximum absolute atomic E-state index is 11.7. The highest BCUT2D eigenvalue weighted by Crippen LogP contribution is 2.36. The van der Waals surface area contributed by atoms with Gasteiger partial charge in [-0.2, -0.15) is 0 Å². The van der Waals surface area contributed by atoms with Crippen LogP contribution in [-0.2, 0) is 4.79 Å². The highest BCUT2D eigenvalue weighted by atomic mass is 79.9. The average molecular weight is 404 g/mol. The summed E-state index contributed by atoms with van der Waals surface area (Å²) >= 11 is 8.32. The van der Waals surface area contributed by atoms with Gasteiger partial charge in [-0.25, -0.2) is 0 Å². The van der Waals surface area contributed by atoms with Crippen LogP contribution in [0.1, 0.15) is 16.5 Å². The number of nitrogens with two attached hydrogens (primary N) is 1. The molecule has 1 aromatic carbocycles. The second kappa shape index (κ2) is 6.07. The first kappa shape index (κ1) is 14.6. The SMILES string of the molecule is Cc1ccccc1NC(C(N)=O)c1cc(Br)c(Br)s1. The molecule has 3 nitrogen and oxygen atoms in total. The lowest BCUT2D eigenvalue weighted by molar-refractivity contribution is -0.118. The third kappa shape index (κ3) is 3.38. The van der Waals surface area contributed by atoms with E-state index in [0.29, 0.717) is 0 Å². The lowest BCUT2D eigenvalue weighted by atomic mass is 10.1. The minimum Gasteiger partial charge on any atom is -0.369 e. The standard InChI is InChI=1S/C13H12Br2N2OS/c1-7-4-2-3-5-9(7)17-11(13(16)18)10-6-8(14)12(15)19-10/h2-6,11,17H,1H3,(H2,16,18). The Bertz CT molecular complexity index is 593. The Labute approximate surface area is 132 Å². The van der Waals surface area contributed by atoms with Crippen molar-refractivity contribution >= 4 is 54.8 Å². The van der Waals surface area contributed by atoms with E-state index in [2.05, 4.69) is 37.2 Å². The Morgan fingerprint density at radius 2 is 2.05 bits per heavy atom. The maximum Gasteiger partial charge on any atom is 0.245 e. The molecule has 2 rings (SSSR count). The minimum absolute atomic E-state index is 0.399. The van der Waals surface area contributed by atoms with Gasteiger partial charge in [0.15, 0.2) is 0 Å². The third-order valence-corrected chi connectivity index (χ3v) is 6.00. The highest BCUT2D eigenvalue weighted by Gasteiger charge is 2.21. The Balaban J connectivity index is 2.32. The average Bonchev–Trinajstić information content (AvgIpc) is 2.68. The summed E-state index contributed by atoms with van der Waals surface area (Å²) in [6, 6.07) is 9.17. The fourth-order valence-electron chi connectivity index (χ4n) is 1.68. The molecule has 0 spiro atoms. The molecular formula is C13H12Br2N2OS. The fourth-order valence-corrected chi connectivity index (χ4v) is 3.83. The van der Waals surface area contributed by atoms with E-state index in [9.17, 15) is 4.79 Å². The molecule has 1 amide bonds. The first-order valence-electron chi connectivity index (χ1n) is 5.55. The summed E-state index contributed by atoms with van der Waals surface area (Å²) in [7, 11) is 0. The monoisotopic (exact) mass is 402 g/mol. The second-order valence-electron chi connectivity index (χ2n) is 4.07. The molecule has 1 aromatic heterocycles. The summed E-state index contributed by atoms with van der Waals surface area (Å²) in [5.74, 6) is -0.399. The Morgan fingerprint density at radius 3 is 2.58 bits per heavy atom. The van der Waals surface area contributed by atoms with Crippen molar-refractivity contribution < 1.29 is 4.79 Å². The number of rotatable bonds is 4. The zero-order chi connectivity index (χ0) is 14.0. The van der Waals surface area contributed by atoms with Crippen LogP contribution in [-0.4, -0.2) is 5.91 Å². The van der Waals surface area contributed by atoms with Crippen LogP contribution >= 0.6 is 43.2 Å². The molecule has 1 heterocycles. The van der Waals surface area contributed by atoms with Crippen molar-refractivity contribution in [3.63, 3.8) is 0 Å². The normalized spacial score (nSPS) is 12.2. The molecule has 100 valence electrons. The number of amides is 1. The van der Waals surface area contributed by atoms with E-state index in [-0.39, 0.29) is 0 Å². The molecule has 1 unspecified atom stereocenters. The van der Waals surface area contributed by atoms with Crippen molar-refractivity contribution in [3.8, 4) is 0 Å². The van der Waals surface area contributed by atoms with Crippen LogP contribution in [0, 0.1) is 6.92 Å². The second-order valence-corrected chi connectivity index (χ2v) is 7.32. The van der Waals surface area contributed by atoms with Gasteiger partial charge in [-0.1, -0.05) is 18.2 Å². The first-order valence-corrected chi connectivity index (χ1v) is 7.95. The molecule has 19 heavy (non-hydrogen) atoms. The number of carbonyl (C=O) groups is 1. The number of aryl methyl sites for hydroxylation is 1. The Morgan fingerprint density at radius 1 is 1.37 bits per heavy atom. The van der Waals surface area contributed by atoms with Crippen LogP contribution in [0.4, 0.5) is 5.69 Å². The van der Waals surface area contributed by atoms with Crippen LogP contribution in [0.3, 0.4) is 0 Å². The topological polar surface area (TPSA) is 55.1 Å². The Hall–Kier alpha value is -0.850. The molecule has 0 saturated carbocycles. The fraction of sp³-hybridized carbons (Fsp3) is 0.154. The summed E-state index contributed by atoms with van der Waals surface area (Å²) in [6.45, 7) is 1.99. The number of hydrogen-bond donors (Lipinski definition) is 2. The van der Waals surface area contributed by atoms with Gasteiger partial charge in [0.05, 0.1) is 3.79 Å². The van der Waals surface area contributed by atoms with Crippen molar-refractivity contribution in [2.75, 3.05) is 5.32 Å². The van der Waals surface area contributed by atoms with Gasteiger partial charge in [0, 0.05) is 15.0 Å². The summed E-state index contributed by atoms with van der Waals surface area (Å²) in [5.41, 5.74) is 7.48. The lowest BCUT2D eigenvalue weighted by Crippen LogP contribution is -2.27. The number of benzene rings is 1. The molecule has 0 aliphatic heterocycles. The van der Waals surface area contributed by atoms with E-state index in [1.165, 1.54) is 11.3 Å². The van der Waals surface area contributed by atoms with E-state index in [1.807, 2.05) is 37.3 Å². The molecule has 0 saturated heterocycles. The predicted octanol–water partition coefficient (Wildman–Crippen LogP) is 4.22. The van der Waals surface area contributed by atoms with Crippen molar-refractivity contribution in [2.24, 2.45) is 5.73 Å². The molecule has 3 N–H and O–H groups in total. The van der Waals surface area contributed by atoms with Crippen LogP contribution < -0.4 is 11.1 Å². The van der Waals surface area contributed by atoms with E-state index in [4.69, 9.17) is 5.73 Å². The first-order chi connectivity index (χ1) is 8.99. The molecule has 0 radical (unpaired) electrons. The number of anilines is 1. The number of halogens is 2. The van der Waals surface area contributed by atoms with Crippen molar-refractivity contribution in [3.05, 3.63) is 49.0 Å². The zero-order valence-corrected chi connectivity index (χ0v) is 14.1. The summed E-state index contributed by atoms with van der Waals surface area (Å²) in [4.78, 5) is 12.5. The summed E-state index contributed by atoms with van der Waals surface area (Å²) in [6.07, 6.45) is 0. The number of nitrogens with one attached hydrogen (secondary N) is 1. The van der Waals surface area contributed by atoms with Gasteiger partial charge in [0.25, 0.3) is 0 Å². The van der Waals surface area contributed by atoms with Gasteiger partial charge in [-0.05, 0) is 56.5 Å². The van der Waals surface area contributed by atoms with Crippen molar-refractivity contribution in [1.29, 1.82) is 0 Å². The molecule has 1 atom stereocenters. The molecule has 0 bridgehead atoms. The van der Waals surface area contributed by atoms with Gasteiger partial charge in [-0.15, -0.1) is 11.3 Å². The molecule has 0 aliphatic rings. The van der Waals surface area contributed by atoms with Gasteiger partial charge in [0.1, 0.15) is 6.04 Å². The smallest absolute Gasteiger partial charge is 0.245 e. The number of primary amides is 1. The molecule has 0 fully saturated rings. The van der Waals surface area contributed by atoms with Crippen LogP contribution in [0.5, 0.6) is 0 Å². The van der Waals surface area contributed by atoms with Gasteiger partial charge < -0.3 is 11.1 Å². The zero-order valence-electron chi connectivity index (χ0n) is 10.1. The van der Waals surface area contributed by atoms with E-state index >= 15 is 0 Å². The molecule has 0 aliphatic carbocycles. The third-order valence-electron chi connectivity index (χ3n) is 2.68. The molecule has 6 heteroatoms. The largest absolute Gasteiger partial charge is 0.369 e. The van der Waals surface area contributed by atoms with Crippen molar-refractivity contribution in [2.45, 2.75) is 13.0 Å². The predicted molar refractivity (Wildman–Crippen MR) is 86.5 cm³/mol. The highest BCUT2D eigenvalue weighted by molar-refractivity contribution is 9.13. The van der Waals surface area contributed by atoms with E-state index < -0.39 is 11.9 Å². The van der Waals surface area contributed by atoms with E-state index in [0.717, 1.165) is 24.4 Å². The van der Waals surface area contributed by atoms with E-state index in [1.54, 1.807) is 0 Å². The van der Waals surface area contributed by atoms with Crippen molar-refractivity contribution in [1.82, 2.24) is 0 Å². The van der Waals surface area contributed by atoms with Crippen LogP contribution in [0.25, 0.3) is 0 Å². The minimum atomic E-state index is -0.534. The number of thiophene rings is 1. The molecular weight excluding hydrogens is 392 g/mol. The van der Waals surface area contributed by atoms with Gasteiger partial charge in [0.2, 0.25) is 5.91 Å². The quantitative estimate of drug-likeness (QED) is 0.802. The lowest BCUT2D eigenvalue weighted by Gasteiger charge is -2.16.